The summed E-state index contributed by atoms with van der Waals surface area (Å²) in [4.78, 5) is 35.8. The second kappa shape index (κ2) is 6.41. The minimum atomic E-state index is -0.564. The minimum Gasteiger partial charge on any atom is -0.459 e. The van der Waals surface area contributed by atoms with Crippen molar-refractivity contribution in [2.45, 2.75) is 6.42 Å². The highest BCUT2D eigenvalue weighted by molar-refractivity contribution is 5.93. The van der Waals surface area contributed by atoms with Gasteiger partial charge in [-0.1, -0.05) is 6.07 Å². The molecule has 0 radical (unpaired) electrons. The summed E-state index contributed by atoms with van der Waals surface area (Å²) >= 11 is 0. The van der Waals surface area contributed by atoms with E-state index in [0.29, 0.717) is 18.7 Å². The van der Waals surface area contributed by atoms with Gasteiger partial charge in [0, 0.05) is 24.4 Å². The van der Waals surface area contributed by atoms with Crippen LogP contribution in [0.3, 0.4) is 0 Å². The van der Waals surface area contributed by atoms with Crippen molar-refractivity contribution >= 4 is 23.2 Å². The quantitative estimate of drug-likeness (QED) is 0.638. The number of hydrogen-bond donors (Lipinski definition) is 2. The SMILES string of the molecule is O=C(CN1CCc2ccc([N+](=O)[O-])cc21)NNC(=O)c1ccco1. The number of nitro groups is 1. The first-order valence-electron chi connectivity index (χ1n) is 7.19. The Bertz CT molecular complexity index is 787. The lowest BCUT2D eigenvalue weighted by Crippen LogP contribution is -2.46. The number of hydrogen-bond acceptors (Lipinski definition) is 6. The monoisotopic (exact) mass is 330 g/mol. The van der Waals surface area contributed by atoms with Crippen molar-refractivity contribution < 1.29 is 18.9 Å². The second-order valence-corrected chi connectivity index (χ2v) is 5.22. The van der Waals surface area contributed by atoms with Crippen LogP contribution in [-0.4, -0.2) is 29.8 Å². The number of nitro benzene ring substituents is 1. The highest BCUT2D eigenvalue weighted by Crippen LogP contribution is 2.31. The van der Waals surface area contributed by atoms with Crippen molar-refractivity contribution in [2.75, 3.05) is 18.0 Å². The average Bonchev–Trinajstić information content (AvgIpc) is 3.22. The van der Waals surface area contributed by atoms with Crippen LogP contribution in [0.25, 0.3) is 0 Å². The first kappa shape index (κ1) is 15.5. The van der Waals surface area contributed by atoms with E-state index in [0.717, 1.165) is 5.56 Å². The summed E-state index contributed by atoms with van der Waals surface area (Å²) in [5, 5.41) is 10.9. The molecule has 124 valence electrons. The molecule has 0 unspecified atom stereocenters. The lowest BCUT2D eigenvalue weighted by Gasteiger charge is -2.18. The third kappa shape index (κ3) is 3.19. The van der Waals surface area contributed by atoms with Gasteiger partial charge in [-0.25, -0.2) is 0 Å². The van der Waals surface area contributed by atoms with E-state index in [1.165, 1.54) is 24.5 Å². The molecule has 1 aromatic carbocycles. The lowest BCUT2D eigenvalue weighted by molar-refractivity contribution is -0.384. The van der Waals surface area contributed by atoms with Gasteiger partial charge in [0.05, 0.1) is 17.7 Å². The summed E-state index contributed by atoms with van der Waals surface area (Å²) in [6.07, 6.45) is 2.06. The third-order valence-corrected chi connectivity index (χ3v) is 3.67. The van der Waals surface area contributed by atoms with Gasteiger partial charge in [-0.05, 0) is 24.1 Å². The number of non-ortho nitro benzene ring substituents is 1. The van der Waals surface area contributed by atoms with Gasteiger partial charge in [0.1, 0.15) is 0 Å². The van der Waals surface area contributed by atoms with Crippen molar-refractivity contribution in [1.82, 2.24) is 10.9 Å². The highest BCUT2D eigenvalue weighted by Gasteiger charge is 2.24. The maximum Gasteiger partial charge on any atom is 0.305 e. The van der Waals surface area contributed by atoms with Crippen LogP contribution in [0.4, 0.5) is 11.4 Å². The van der Waals surface area contributed by atoms with Gasteiger partial charge in [0.2, 0.25) is 0 Å². The molecule has 1 aliphatic rings. The molecule has 2 N–H and O–H groups in total. The van der Waals surface area contributed by atoms with E-state index in [1.54, 1.807) is 17.0 Å². The number of carbonyl (C=O) groups is 2. The molecular formula is C15H14N4O5. The molecule has 1 aromatic heterocycles. The Hall–Kier alpha value is -3.36. The smallest absolute Gasteiger partial charge is 0.305 e. The zero-order valence-electron chi connectivity index (χ0n) is 12.5. The summed E-state index contributed by atoms with van der Waals surface area (Å²) in [7, 11) is 0. The molecular weight excluding hydrogens is 316 g/mol. The topological polar surface area (TPSA) is 118 Å². The molecule has 3 rings (SSSR count). The molecule has 24 heavy (non-hydrogen) atoms. The molecule has 0 saturated carbocycles. The van der Waals surface area contributed by atoms with Crippen LogP contribution >= 0.6 is 0 Å². The van der Waals surface area contributed by atoms with Gasteiger partial charge < -0.3 is 9.32 Å². The number of furan rings is 1. The van der Waals surface area contributed by atoms with Crippen molar-refractivity contribution in [3.8, 4) is 0 Å². The van der Waals surface area contributed by atoms with Crippen molar-refractivity contribution in [3.05, 3.63) is 58.0 Å². The number of rotatable bonds is 4. The average molecular weight is 330 g/mol. The number of anilines is 1. The highest BCUT2D eigenvalue weighted by atomic mass is 16.6. The van der Waals surface area contributed by atoms with Crippen LogP contribution in [0.1, 0.15) is 16.1 Å². The van der Waals surface area contributed by atoms with Crippen molar-refractivity contribution in [2.24, 2.45) is 0 Å². The Balaban J connectivity index is 1.59. The van der Waals surface area contributed by atoms with Gasteiger partial charge in [0.15, 0.2) is 5.76 Å². The number of amides is 2. The Morgan fingerprint density at radius 3 is 2.83 bits per heavy atom. The first-order chi connectivity index (χ1) is 11.5. The Morgan fingerprint density at radius 1 is 1.29 bits per heavy atom. The van der Waals surface area contributed by atoms with Crippen LogP contribution in [0, 0.1) is 10.1 Å². The third-order valence-electron chi connectivity index (χ3n) is 3.67. The summed E-state index contributed by atoms with van der Waals surface area (Å²) in [5.41, 5.74) is 6.13. The molecule has 0 aliphatic carbocycles. The standard InChI is InChI=1S/C15H14N4O5/c20-14(16-17-15(21)13-2-1-7-24-13)9-18-6-5-10-3-4-11(19(22)23)8-12(10)18/h1-4,7-8H,5-6,9H2,(H,16,20)(H,17,21). The first-order valence-corrected chi connectivity index (χ1v) is 7.19. The summed E-state index contributed by atoms with van der Waals surface area (Å²) in [6.45, 7) is 0.558. The van der Waals surface area contributed by atoms with Crippen LogP contribution in [0.2, 0.25) is 0 Å². The number of hydrazine groups is 1. The fourth-order valence-electron chi connectivity index (χ4n) is 2.52. The number of fused-ring (bicyclic) bond motifs is 1. The Kier molecular flexibility index (Phi) is 4.15. The Morgan fingerprint density at radius 2 is 2.12 bits per heavy atom. The zero-order valence-corrected chi connectivity index (χ0v) is 12.5. The molecule has 0 spiro atoms. The van der Waals surface area contributed by atoms with E-state index in [9.17, 15) is 19.7 Å². The molecule has 2 heterocycles. The summed E-state index contributed by atoms with van der Waals surface area (Å²) in [5.74, 6) is -0.919. The van der Waals surface area contributed by atoms with Crippen LogP contribution in [-0.2, 0) is 11.2 Å². The molecule has 0 fully saturated rings. The van der Waals surface area contributed by atoms with E-state index in [1.807, 2.05) is 0 Å². The number of benzene rings is 1. The zero-order chi connectivity index (χ0) is 17.1. The van der Waals surface area contributed by atoms with Crippen LogP contribution in [0.5, 0.6) is 0 Å². The number of nitrogens with zero attached hydrogens (tertiary/aromatic N) is 2. The summed E-state index contributed by atoms with van der Waals surface area (Å²) in [6, 6.07) is 7.63. The normalized spacial score (nSPS) is 12.6. The minimum absolute atomic E-state index is 0.0211. The molecule has 0 saturated heterocycles. The van der Waals surface area contributed by atoms with Gasteiger partial charge in [-0.15, -0.1) is 0 Å². The number of nitrogens with one attached hydrogen (secondary N) is 2. The second-order valence-electron chi connectivity index (χ2n) is 5.22. The lowest BCUT2D eigenvalue weighted by atomic mass is 10.1. The molecule has 2 aromatic rings. The largest absolute Gasteiger partial charge is 0.459 e. The van der Waals surface area contributed by atoms with Gasteiger partial charge in [0.25, 0.3) is 11.6 Å². The Labute approximate surface area is 136 Å². The fourth-order valence-corrected chi connectivity index (χ4v) is 2.52. The van der Waals surface area contributed by atoms with Crippen molar-refractivity contribution in [3.63, 3.8) is 0 Å². The van der Waals surface area contributed by atoms with Gasteiger partial charge >= 0.3 is 5.91 Å². The van der Waals surface area contributed by atoms with Gasteiger partial charge in [-0.3, -0.25) is 30.6 Å². The molecule has 0 atom stereocenters. The molecule has 2 amide bonds. The maximum atomic E-state index is 12.0. The van der Waals surface area contributed by atoms with E-state index < -0.39 is 16.7 Å². The van der Waals surface area contributed by atoms with Crippen LogP contribution < -0.4 is 15.8 Å². The van der Waals surface area contributed by atoms with E-state index in [2.05, 4.69) is 10.9 Å². The van der Waals surface area contributed by atoms with E-state index >= 15 is 0 Å². The van der Waals surface area contributed by atoms with Crippen molar-refractivity contribution in [1.29, 1.82) is 0 Å². The predicted octanol–water partition coefficient (Wildman–Crippen LogP) is 1.01. The predicted molar refractivity (Wildman–Crippen MR) is 83.3 cm³/mol. The number of carbonyl (C=O) groups excluding carboxylic acids is 2. The summed E-state index contributed by atoms with van der Waals surface area (Å²) < 4.78 is 4.91. The molecule has 1 aliphatic heterocycles. The maximum absolute atomic E-state index is 12.0. The van der Waals surface area contributed by atoms with Crippen LogP contribution in [0.15, 0.2) is 41.0 Å². The van der Waals surface area contributed by atoms with Gasteiger partial charge in [-0.2, -0.15) is 0 Å². The molecule has 0 bridgehead atoms. The van der Waals surface area contributed by atoms with E-state index in [-0.39, 0.29) is 18.0 Å². The fraction of sp³-hybridized carbons (Fsp3) is 0.200. The van der Waals surface area contributed by atoms with E-state index in [4.69, 9.17) is 4.42 Å². The molecule has 9 nitrogen and oxygen atoms in total. The molecule has 9 heteroatoms.